The standard InChI is InChI=1S/C19H20N4O4/c24-14-6-12(7-14)18(13-5-11-3-1-2-4-15(11)20-8-13)22-16(25)10-23-17(26)9-21-19(23)27/h1-5,8,12,14,18,24H,6-7,9-10H2,(H,21,27)(H,22,25)/t12?,14?,18-/m0/s1. The smallest absolute Gasteiger partial charge is 0.325 e. The SMILES string of the molecule is O=C(CN1C(=O)CNC1=O)N[C@H](c1cnc2ccccc2c1)C1CC(O)C1. The highest BCUT2D eigenvalue weighted by atomic mass is 16.3. The van der Waals surface area contributed by atoms with Gasteiger partial charge in [0.1, 0.15) is 6.54 Å². The maximum absolute atomic E-state index is 12.5. The molecular formula is C19H20N4O4. The van der Waals surface area contributed by atoms with Crippen LogP contribution in [0.4, 0.5) is 4.79 Å². The van der Waals surface area contributed by atoms with Crippen LogP contribution in [0.2, 0.25) is 0 Å². The van der Waals surface area contributed by atoms with E-state index in [1.54, 1.807) is 6.20 Å². The van der Waals surface area contributed by atoms with Crippen LogP contribution >= 0.6 is 0 Å². The fraction of sp³-hybridized carbons (Fsp3) is 0.368. The summed E-state index contributed by atoms with van der Waals surface area (Å²) in [7, 11) is 0. The summed E-state index contributed by atoms with van der Waals surface area (Å²) >= 11 is 0. The van der Waals surface area contributed by atoms with Gasteiger partial charge in [0.25, 0.3) is 5.91 Å². The van der Waals surface area contributed by atoms with Crippen molar-refractivity contribution in [2.45, 2.75) is 25.0 Å². The molecule has 0 spiro atoms. The molecule has 2 fully saturated rings. The number of pyridine rings is 1. The first-order valence-electron chi connectivity index (χ1n) is 8.91. The third-order valence-corrected chi connectivity index (χ3v) is 5.15. The maximum Gasteiger partial charge on any atom is 0.325 e. The van der Waals surface area contributed by atoms with E-state index in [1.165, 1.54) is 0 Å². The normalized spacial score (nSPS) is 23.1. The van der Waals surface area contributed by atoms with Crippen LogP contribution in [0, 0.1) is 5.92 Å². The van der Waals surface area contributed by atoms with Crippen LogP contribution < -0.4 is 10.6 Å². The molecule has 1 saturated carbocycles. The predicted molar refractivity (Wildman–Crippen MR) is 96.5 cm³/mol. The summed E-state index contributed by atoms with van der Waals surface area (Å²) in [6.45, 7) is -0.406. The molecule has 8 heteroatoms. The van der Waals surface area contributed by atoms with Crippen LogP contribution in [0.1, 0.15) is 24.4 Å². The van der Waals surface area contributed by atoms with E-state index in [4.69, 9.17) is 0 Å². The summed E-state index contributed by atoms with van der Waals surface area (Å²) < 4.78 is 0. The van der Waals surface area contributed by atoms with Gasteiger partial charge in [-0.05, 0) is 36.5 Å². The lowest BCUT2D eigenvalue weighted by atomic mass is 9.75. The number of nitrogens with one attached hydrogen (secondary N) is 2. The molecule has 27 heavy (non-hydrogen) atoms. The Morgan fingerprint density at radius 3 is 2.81 bits per heavy atom. The number of rotatable bonds is 5. The van der Waals surface area contributed by atoms with Gasteiger partial charge in [-0.2, -0.15) is 0 Å². The van der Waals surface area contributed by atoms with Gasteiger partial charge in [-0.3, -0.25) is 19.5 Å². The number of imide groups is 1. The van der Waals surface area contributed by atoms with Gasteiger partial charge in [-0.15, -0.1) is 0 Å². The van der Waals surface area contributed by atoms with Crippen LogP contribution in [-0.2, 0) is 9.59 Å². The van der Waals surface area contributed by atoms with E-state index in [-0.39, 0.29) is 31.2 Å². The molecule has 0 unspecified atom stereocenters. The number of carbonyl (C=O) groups is 3. The van der Waals surface area contributed by atoms with Gasteiger partial charge in [-0.25, -0.2) is 4.79 Å². The van der Waals surface area contributed by atoms with E-state index in [0.717, 1.165) is 21.4 Å². The van der Waals surface area contributed by atoms with Crippen LogP contribution in [-0.4, -0.2) is 52.0 Å². The first-order valence-corrected chi connectivity index (χ1v) is 8.91. The number of hydrogen-bond acceptors (Lipinski definition) is 5. The quantitative estimate of drug-likeness (QED) is 0.673. The van der Waals surface area contributed by atoms with Gasteiger partial charge < -0.3 is 15.7 Å². The van der Waals surface area contributed by atoms with Crippen molar-refractivity contribution in [2.75, 3.05) is 13.1 Å². The minimum atomic E-state index is -0.557. The van der Waals surface area contributed by atoms with E-state index in [2.05, 4.69) is 15.6 Å². The lowest BCUT2D eigenvalue weighted by Crippen LogP contribution is -2.46. The Morgan fingerprint density at radius 1 is 1.33 bits per heavy atom. The number of aliphatic hydroxyl groups excluding tert-OH is 1. The molecule has 2 aliphatic rings. The monoisotopic (exact) mass is 368 g/mol. The number of aliphatic hydroxyl groups is 1. The molecule has 1 aromatic carbocycles. The van der Waals surface area contributed by atoms with Crippen molar-refractivity contribution in [1.29, 1.82) is 0 Å². The largest absolute Gasteiger partial charge is 0.393 e. The minimum absolute atomic E-state index is 0.0787. The summed E-state index contributed by atoms with van der Waals surface area (Å²) in [4.78, 5) is 41.2. The summed E-state index contributed by atoms with van der Waals surface area (Å²) in [5, 5.41) is 16.0. The molecule has 2 heterocycles. The Kier molecular flexibility index (Phi) is 4.49. The third kappa shape index (κ3) is 3.48. The van der Waals surface area contributed by atoms with Gasteiger partial charge in [0.05, 0.1) is 24.2 Å². The molecule has 0 radical (unpaired) electrons. The van der Waals surface area contributed by atoms with Crippen molar-refractivity contribution in [1.82, 2.24) is 20.5 Å². The molecule has 1 aromatic heterocycles. The molecule has 0 bridgehead atoms. The number of amides is 4. The second-order valence-electron chi connectivity index (χ2n) is 7.03. The number of para-hydroxylation sites is 1. The molecule has 1 aliphatic carbocycles. The summed E-state index contributed by atoms with van der Waals surface area (Å²) in [5.74, 6) is -0.756. The Hall–Kier alpha value is -3.00. The van der Waals surface area contributed by atoms with Gasteiger partial charge >= 0.3 is 6.03 Å². The molecule has 2 aromatic rings. The lowest BCUT2D eigenvalue weighted by Gasteiger charge is -2.38. The Balaban J connectivity index is 1.54. The fourth-order valence-corrected chi connectivity index (χ4v) is 3.61. The van der Waals surface area contributed by atoms with Gasteiger partial charge in [0.15, 0.2) is 0 Å². The van der Waals surface area contributed by atoms with Crippen molar-refractivity contribution >= 4 is 28.7 Å². The molecule has 1 atom stereocenters. The van der Waals surface area contributed by atoms with Crippen LogP contribution in [0.3, 0.4) is 0 Å². The molecule has 140 valence electrons. The molecule has 4 amide bonds. The van der Waals surface area contributed by atoms with Crippen molar-refractivity contribution in [3.63, 3.8) is 0 Å². The van der Waals surface area contributed by atoms with Gasteiger partial charge in [0.2, 0.25) is 5.91 Å². The molecular weight excluding hydrogens is 348 g/mol. The van der Waals surface area contributed by atoms with Crippen molar-refractivity contribution in [3.8, 4) is 0 Å². The zero-order chi connectivity index (χ0) is 19.0. The number of nitrogens with zero attached hydrogens (tertiary/aromatic N) is 2. The number of carbonyl (C=O) groups excluding carboxylic acids is 3. The van der Waals surface area contributed by atoms with Gasteiger partial charge in [-0.1, -0.05) is 18.2 Å². The second-order valence-corrected chi connectivity index (χ2v) is 7.03. The maximum atomic E-state index is 12.5. The fourth-order valence-electron chi connectivity index (χ4n) is 3.61. The summed E-state index contributed by atoms with van der Waals surface area (Å²) in [5.41, 5.74) is 1.70. The first kappa shape index (κ1) is 17.4. The van der Waals surface area contributed by atoms with E-state index < -0.39 is 17.8 Å². The van der Waals surface area contributed by atoms with Crippen molar-refractivity contribution in [3.05, 3.63) is 42.1 Å². The number of urea groups is 1. The zero-order valence-electron chi connectivity index (χ0n) is 14.6. The molecule has 1 saturated heterocycles. The zero-order valence-corrected chi connectivity index (χ0v) is 14.6. The van der Waals surface area contributed by atoms with Crippen LogP contribution in [0.15, 0.2) is 36.5 Å². The lowest BCUT2D eigenvalue weighted by molar-refractivity contribution is -0.131. The van der Waals surface area contributed by atoms with E-state index >= 15 is 0 Å². The predicted octanol–water partition coefficient (Wildman–Crippen LogP) is 0.715. The second kappa shape index (κ2) is 6.96. The van der Waals surface area contributed by atoms with Crippen molar-refractivity contribution < 1.29 is 19.5 Å². The van der Waals surface area contributed by atoms with Gasteiger partial charge in [0, 0.05) is 11.6 Å². The molecule has 8 nitrogen and oxygen atoms in total. The van der Waals surface area contributed by atoms with Crippen LogP contribution in [0.25, 0.3) is 10.9 Å². The highest BCUT2D eigenvalue weighted by Gasteiger charge is 2.37. The van der Waals surface area contributed by atoms with E-state index in [9.17, 15) is 19.5 Å². The number of benzene rings is 1. The summed E-state index contributed by atoms with van der Waals surface area (Å²) in [6.07, 6.45) is 2.53. The molecule has 1 aliphatic heterocycles. The Bertz CT molecular complexity index is 893. The van der Waals surface area contributed by atoms with Crippen molar-refractivity contribution in [2.24, 2.45) is 5.92 Å². The Labute approximate surface area is 155 Å². The number of fused-ring (bicyclic) bond motifs is 1. The third-order valence-electron chi connectivity index (χ3n) is 5.15. The first-order chi connectivity index (χ1) is 13.0. The van der Waals surface area contributed by atoms with E-state index in [1.807, 2.05) is 30.3 Å². The highest BCUT2D eigenvalue weighted by molar-refractivity contribution is 6.04. The number of hydrogen-bond donors (Lipinski definition) is 3. The summed E-state index contributed by atoms with van der Waals surface area (Å²) in [6, 6.07) is 8.79. The molecule has 4 rings (SSSR count). The average molecular weight is 368 g/mol. The Morgan fingerprint density at radius 2 is 2.11 bits per heavy atom. The molecule has 3 N–H and O–H groups in total. The topological polar surface area (TPSA) is 112 Å². The average Bonchev–Trinajstić information content (AvgIpc) is 2.95. The number of aromatic nitrogens is 1. The minimum Gasteiger partial charge on any atom is -0.393 e. The van der Waals surface area contributed by atoms with Crippen LogP contribution in [0.5, 0.6) is 0 Å². The van der Waals surface area contributed by atoms with E-state index in [0.29, 0.717) is 12.8 Å². The highest BCUT2D eigenvalue weighted by Crippen LogP contribution is 2.38.